The minimum atomic E-state index is -4.69. The van der Waals surface area contributed by atoms with Crippen molar-refractivity contribution < 1.29 is 27.5 Å². The molecule has 6 nitrogen and oxygen atoms in total. The van der Waals surface area contributed by atoms with Crippen LogP contribution < -0.4 is 9.64 Å². The highest BCUT2D eigenvalue weighted by Gasteiger charge is 2.36. The maximum atomic E-state index is 13.7. The molecule has 0 atom stereocenters. The van der Waals surface area contributed by atoms with E-state index in [1.807, 2.05) is 0 Å². The molecule has 1 aromatic heterocycles. The van der Waals surface area contributed by atoms with Crippen LogP contribution in [0, 0.1) is 5.92 Å². The van der Waals surface area contributed by atoms with Crippen molar-refractivity contribution in [2.45, 2.75) is 19.0 Å². The summed E-state index contributed by atoms with van der Waals surface area (Å²) >= 11 is 7.08. The van der Waals surface area contributed by atoms with Crippen molar-refractivity contribution in [1.82, 2.24) is 10.2 Å². The third kappa shape index (κ3) is 5.33. The molecule has 1 aliphatic carbocycles. The molecule has 33 heavy (non-hydrogen) atoms. The lowest BCUT2D eigenvalue weighted by atomic mass is 10.1. The average molecular weight is 496 g/mol. The van der Waals surface area contributed by atoms with Crippen LogP contribution in [-0.2, 0) is 11.0 Å². The van der Waals surface area contributed by atoms with Crippen molar-refractivity contribution in [2.75, 3.05) is 18.1 Å². The zero-order valence-electron chi connectivity index (χ0n) is 17.0. The monoisotopic (exact) mass is 495 g/mol. The van der Waals surface area contributed by atoms with Crippen LogP contribution in [0.25, 0.3) is 10.6 Å². The van der Waals surface area contributed by atoms with Crippen LogP contribution in [0.4, 0.5) is 18.3 Å². The molecule has 0 spiro atoms. The molecular formula is C22H17ClF3N3O3S. The molecule has 2 aromatic carbocycles. The number of carbonyl (C=O) groups is 2. The number of aromatic nitrogens is 2. The van der Waals surface area contributed by atoms with Gasteiger partial charge in [0.15, 0.2) is 6.29 Å². The first-order valence-electron chi connectivity index (χ1n) is 9.96. The van der Waals surface area contributed by atoms with Crippen LogP contribution in [0.3, 0.4) is 0 Å². The number of alkyl halides is 3. The summed E-state index contributed by atoms with van der Waals surface area (Å²) in [7, 11) is 0. The van der Waals surface area contributed by atoms with E-state index in [4.69, 9.17) is 16.3 Å². The summed E-state index contributed by atoms with van der Waals surface area (Å²) in [5.41, 5.74) is -0.884. The Hall–Kier alpha value is -2.98. The van der Waals surface area contributed by atoms with E-state index in [1.165, 1.54) is 17.0 Å². The van der Waals surface area contributed by atoms with Gasteiger partial charge in [0.1, 0.15) is 17.4 Å². The summed E-state index contributed by atoms with van der Waals surface area (Å²) in [6.07, 6.45) is -2.33. The molecule has 1 fully saturated rings. The van der Waals surface area contributed by atoms with Gasteiger partial charge >= 0.3 is 6.18 Å². The van der Waals surface area contributed by atoms with Crippen molar-refractivity contribution in [3.8, 4) is 16.3 Å². The van der Waals surface area contributed by atoms with Gasteiger partial charge in [-0.2, -0.15) is 13.2 Å². The minimum Gasteiger partial charge on any atom is -0.486 e. The van der Waals surface area contributed by atoms with E-state index in [1.54, 1.807) is 24.3 Å². The van der Waals surface area contributed by atoms with Crippen LogP contribution in [0.2, 0.25) is 5.02 Å². The van der Waals surface area contributed by atoms with Gasteiger partial charge in [0, 0.05) is 12.1 Å². The molecule has 0 bridgehead atoms. The Labute approximate surface area is 196 Å². The molecule has 11 heteroatoms. The number of halogens is 4. The van der Waals surface area contributed by atoms with Crippen molar-refractivity contribution in [1.29, 1.82) is 0 Å². The van der Waals surface area contributed by atoms with Gasteiger partial charge in [-0.15, -0.1) is 10.2 Å². The quantitative estimate of drug-likeness (QED) is 0.385. The standard InChI is InChI=1S/C22H17ClF3N3O3S/c23-18-4-2-1-3-16(18)20(31)29(12-13-5-6-13)21-28-27-19(33-21)15-8-7-14(32-10-9-30)11-17(15)22(24,25)26/h1-4,7-9,11,13H,5-6,10,12H2. The number of nitrogens with zero attached hydrogens (tertiary/aromatic N) is 3. The highest BCUT2D eigenvalue weighted by Crippen LogP contribution is 2.42. The Kier molecular flexibility index (Phi) is 6.66. The van der Waals surface area contributed by atoms with Crippen LogP contribution in [0.5, 0.6) is 5.75 Å². The number of rotatable bonds is 8. The fraction of sp³-hybridized carbons (Fsp3) is 0.273. The number of benzene rings is 2. The Morgan fingerprint density at radius 1 is 1.21 bits per heavy atom. The van der Waals surface area contributed by atoms with Gasteiger partial charge in [-0.1, -0.05) is 35.1 Å². The molecule has 0 saturated heterocycles. The smallest absolute Gasteiger partial charge is 0.417 e. The summed E-state index contributed by atoms with van der Waals surface area (Å²) in [4.78, 5) is 25.1. The highest BCUT2D eigenvalue weighted by molar-refractivity contribution is 7.18. The number of amides is 1. The summed E-state index contributed by atoms with van der Waals surface area (Å²) in [6.45, 7) is 0.0170. The zero-order chi connectivity index (χ0) is 23.6. The van der Waals surface area contributed by atoms with Crippen LogP contribution in [-0.4, -0.2) is 35.5 Å². The first-order chi connectivity index (χ1) is 15.8. The van der Waals surface area contributed by atoms with Gasteiger partial charge in [0.2, 0.25) is 5.13 Å². The molecular weight excluding hydrogens is 479 g/mol. The van der Waals surface area contributed by atoms with Crippen LogP contribution >= 0.6 is 22.9 Å². The fourth-order valence-electron chi connectivity index (χ4n) is 3.18. The van der Waals surface area contributed by atoms with E-state index in [0.717, 1.165) is 30.2 Å². The lowest BCUT2D eigenvalue weighted by Crippen LogP contribution is -2.33. The van der Waals surface area contributed by atoms with Crippen molar-refractivity contribution >= 4 is 40.3 Å². The van der Waals surface area contributed by atoms with Gasteiger partial charge in [-0.05, 0) is 49.1 Å². The predicted octanol–water partition coefficient (Wildman–Crippen LogP) is 5.51. The molecule has 1 heterocycles. The van der Waals surface area contributed by atoms with Crippen molar-refractivity contribution in [3.63, 3.8) is 0 Å². The summed E-state index contributed by atoms with van der Waals surface area (Å²) in [6, 6.07) is 9.93. The zero-order valence-corrected chi connectivity index (χ0v) is 18.6. The number of hydrogen-bond acceptors (Lipinski definition) is 6. The predicted molar refractivity (Wildman–Crippen MR) is 118 cm³/mol. The Balaban J connectivity index is 1.70. The molecule has 3 aromatic rings. The summed E-state index contributed by atoms with van der Waals surface area (Å²) in [5.74, 6) is -0.181. The number of anilines is 1. The maximum Gasteiger partial charge on any atom is 0.417 e. The Bertz CT molecular complexity index is 1180. The lowest BCUT2D eigenvalue weighted by molar-refractivity contribution is -0.137. The summed E-state index contributed by atoms with van der Waals surface area (Å²) < 4.78 is 46.2. The van der Waals surface area contributed by atoms with Crippen molar-refractivity contribution in [3.05, 3.63) is 58.6 Å². The third-order valence-electron chi connectivity index (χ3n) is 4.98. The minimum absolute atomic E-state index is 0.00650. The van der Waals surface area contributed by atoms with Gasteiger partial charge in [0.25, 0.3) is 5.91 Å². The van der Waals surface area contributed by atoms with E-state index in [-0.39, 0.29) is 44.6 Å². The number of ether oxygens (including phenoxy) is 1. The fourth-order valence-corrected chi connectivity index (χ4v) is 4.29. The number of carbonyl (C=O) groups excluding carboxylic acids is 2. The molecule has 0 N–H and O–H groups in total. The second-order valence-electron chi connectivity index (χ2n) is 7.41. The highest BCUT2D eigenvalue weighted by atomic mass is 35.5. The first-order valence-corrected chi connectivity index (χ1v) is 11.2. The first kappa shape index (κ1) is 23.2. The Morgan fingerprint density at radius 2 is 1.97 bits per heavy atom. The van der Waals surface area contributed by atoms with Gasteiger partial charge in [-0.25, -0.2) is 0 Å². The van der Waals surface area contributed by atoms with E-state index < -0.39 is 11.7 Å². The molecule has 0 radical (unpaired) electrons. The van der Waals surface area contributed by atoms with Crippen molar-refractivity contribution in [2.24, 2.45) is 5.92 Å². The van der Waals surface area contributed by atoms with Gasteiger partial charge in [0.05, 0.1) is 16.1 Å². The molecule has 1 aliphatic rings. The van der Waals surface area contributed by atoms with Gasteiger partial charge in [-0.3, -0.25) is 14.5 Å². The third-order valence-corrected chi connectivity index (χ3v) is 6.29. The van der Waals surface area contributed by atoms with E-state index >= 15 is 0 Å². The van der Waals surface area contributed by atoms with Gasteiger partial charge < -0.3 is 4.74 Å². The molecule has 0 aliphatic heterocycles. The topological polar surface area (TPSA) is 72.4 Å². The molecule has 172 valence electrons. The number of aldehydes is 1. The molecule has 4 rings (SSSR count). The SMILES string of the molecule is O=CCOc1ccc(-c2nnc(N(CC3CC3)C(=O)c3ccccc3Cl)s2)c(C(F)(F)F)c1. The Morgan fingerprint density at radius 3 is 2.64 bits per heavy atom. The normalized spacial score (nSPS) is 13.6. The lowest BCUT2D eigenvalue weighted by Gasteiger charge is -2.19. The molecule has 0 unspecified atom stereocenters. The van der Waals surface area contributed by atoms with E-state index in [0.29, 0.717) is 18.7 Å². The van der Waals surface area contributed by atoms with E-state index in [2.05, 4.69) is 10.2 Å². The van der Waals surface area contributed by atoms with Crippen LogP contribution in [0.1, 0.15) is 28.8 Å². The maximum absolute atomic E-state index is 13.7. The largest absolute Gasteiger partial charge is 0.486 e. The molecule has 1 saturated carbocycles. The van der Waals surface area contributed by atoms with Crippen LogP contribution in [0.15, 0.2) is 42.5 Å². The number of hydrogen-bond donors (Lipinski definition) is 0. The average Bonchev–Trinajstić information content (AvgIpc) is 3.49. The second-order valence-corrected chi connectivity index (χ2v) is 8.77. The molecule has 1 amide bonds. The summed E-state index contributed by atoms with van der Waals surface area (Å²) in [5, 5.41) is 8.45. The second kappa shape index (κ2) is 9.48. The van der Waals surface area contributed by atoms with E-state index in [9.17, 15) is 22.8 Å².